The van der Waals surface area contributed by atoms with Gasteiger partial charge in [-0.25, -0.2) is 9.97 Å². The van der Waals surface area contributed by atoms with E-state index in [1.807, 2.05) is 24.4 Å². The highest BCUT2D eigenvalue weighted by atomic mass is 32.2. The highest BCUT2D eigenvalue weighted by Crippen LogP contribution is 2.32. The second-order valence-corrected chi connectivity index (χ2v) is 10.7. The van der Waals surface area contributed by atoms with Crippen LogP contribution in [0.15, 0.2) is 54.1 Å². The van der Waals surface area contributed by atoms with Crippen molar-refractivity contribution in [2.24, 2.45) is 11.8 Å². The van der Waals surface area contributed by atoms with E-state index in [2.05, 4.69) is 32.0 Å². The molecule has 2 atom stereocenters. The standard InChI is InChI=1S/C28H36N4O3S/c1-35-24-7-8-26-25(18-24)22(10-14-30-26)5-2-4-21-12-16-32(19-23(21)6-9-28(33)34)15-3-17-36-27-11-13-29-20-31-27/h7-8,10-11,13-14,18,20-21,23H,2-6,9,12,15-17,19H2,1H3,(H,33,34). The second-order valence-electron chi connectivity index (χ2n) is 9.54. The first-order valence-corrected chi connectivity index (χ1v) is 13.9. The summed E-state index contributed by atoms with van der Waals surface area (Å²) in [5.41, 5.74) is 2.30. The van der Waals surface area contributed by atoms with Gasteiger partial charge in [0.05, 0.1) is 17.7 Å². The number of aromatic nitrogens is 3. The molecule has 0 bridgehead atoms. The van der Waals surface area contributed by atoms with Crippen molar-refractivity contribution >= 4 is 28.6 Å². The smallest absolute Gasteiger partial charge is 0.303 e. The first kappa shape index (κ1) is 26.4. The van der Waals surface area contributed by atoms with Crippen LogP contribution in [0.3, 0.4) is 0 Å². The number of hydrogen-bond donors (Lipinski definition) is 1. The van der Waals surface area contributed by atoms with Gasteiger partial charge in [-0.2, -0.15) is 0 Å². The third kappa shape index (κ3) is 7.64. The zero-order chi connectivity index (χ0) is 25.2. The van der Waals surface area contributed by atoms with Gasteiger partial charge in [-0.15, -0.1) is 11.8 Å². The van der Waals surface area contributed by atoms with Gasteiger partial charge in [0.15, 0.2) is 0 Å². The molecule has 8 heteroatoms. The van der Waals surface area contributed by atoms with Crippen LogP contribution in [0.5, 0.6) is 5.75 Å². The third-order valence-corrected chi connectivity index (χ3v) is 8.22. The number of pyridine rings is 1. The number of carbonyl (C=O) groups is 1. The molecule has 1 aliphatic heterocycles. The van der Waals surface area contributed by atoms with Crippen LogP contribution in [0.2, 0.25) is 0 Å². The summed E-state index contributed by atoms with van der Waals surface area (Å²) in [5.74, 6) is 2.22. The van der Waals surface area contributed by atoms with Crippen LogP contribution in [0.4, 0.5) is 0 Å². The molecule has 0 aliphatic carbocycles. The molecule has 4 rings (SSSR count). The zero-order valence-corrected chi connectivity index (χ0v) is 21.8. The molecular formula is C28H36N4O3S. The topological polar surface area (TPSA) is 88.4 Å². The number of aliphatic carboxylic acids is 1. The number of thioether (sulfide) groups is 1. The largest absolute Gasteiger partial charge is 0.497 e. The van der Waals surface area contributed by atoms with E-state index in [0.29, 0.717) is 11.8 Å². The summed E-state index contributed by atoms with van der Waals surface area (Å²) in [6.07, 6.45) is 11.8. The predicted molar refractivity (Wildman–Crippen MR) is 144 cm³/mol. The van der Waals surface area contributed by atoms with Crippen molar-refractivity contribution < 1.29 is 14.6 Å². The zero-order valence-electron chi connectivity index (χ0n) is 21.0. The third-order valence-electron chi connectivity index (χ3n) is 7.19. The quantitative estimate of drug-likeness (QED) is 0.188. The van der Waals surface area contributed by atoms with Crippen molar-refractivity contribution in [1.82, 2.24) is 19.9 Å². The van der Waals surface area contributed by atoms with Gasteiger partial charge in [0.2, 0.25) is 0 Å². The summed E-state index contributed by atoms with van der Waals surface area (Å²) in [4.78, 5) is 26.6. The number of carboxylic acid groups (broad SMARTS) is 1. The van der Waals surface area contributed by atoms with Crippen molar-refractivity contribution in [2.75, 3.05) is 32.5 Å². The Morgan fingerprint density at radius 2 is 2.06 bits per heavy atom. The predicted octanol–water partition coefficient (Wildman–Crippen LogP) is 5.34. The van der Waals surface area contributed by atoms with E-state index in [1.165, 1.54) is 5.56 Å². The molecule has 36 heavy (non-hydrogen) atoms. The molecular weight excluding hydrogens is 472 g/mol. The molecule has 2 unspecified atom stereocenters. The Morgan fingerprint density at radius 3 is 2.86 bits per heavy atom. The van der Waals surface area contributed by atoms with E-state index in [1.54, 1.807) is 31.4 Å². The summed E-state index contributed by atoms with van der Waals surface area (Å²) < 4.78 is 5.42. The van der Waals surface area contributed by atoms with Crippen LogP contribution >= 0.6 is 11.8 Å². The van der Waals surface area contributed by atoms with Crippen LogP contribution in [-0.4, -0.2) is 63.4 Å². The number of aryl methyl sites for hydroxylation is 1. The maximum Gasteiger partial charge on any atom is 0.303 e. The maximum atomic E-state index is 11.3. The summed E-state index contributed by atoms with van der Waals surface area (Å²) in [5, 5.41) is 11.5. The van der Waals surface area contributed by atoms with Crippen LogP contribution < -0.4 is 4.74 Å². The Labute approximate surface area is 217 Å². The van der Waals surface area contributed by atoms with Crippen LogP contribution in [0.25, 0.3) is 10.9 Å². The average Bonchev–Trinajstić information content (AvgIpc) is 2.91. The van der Waals surface area contributed by atoms with E-state index < -0.39 is 5.97 Å². The molecule has 0 amide bonds. The maximum absolute atomic E-state index is 11.3. The first-order chi connectivity index (χ1) is 17.6. The Bertz CT molecular complexity index is 1110. The van der Waals surface area contributed by atoms with Crippen LogP contribution in [0.1, 0.15) is 44.1 Å². The number of rotatable bonds is 13. The van der Waals surface area contributed by atoms with Gasteiger partial charge in [-0.1, -0.05) is 0 Å². The highest BCUT2D eigenvalue weighted by molar-refractivity contribution is 7.99. The molecule has 2 aromatic heterocycles. The molecule has 192 valence electrons. The Kier molecular flexibility index (Phi) is 9.93. The highest BCUT2D eigenvalue weighted by Gasteiger charge is 2.29. The Hall–Kier alpha value is -2.71. The number of ether oxygens (including phenoxy) is 1. The average molecular weight is 509 g/mol. The SMILES string of the molecule is COc1ccc2nccc(CCCC3CCN(CCCSc4ccncn4)CC3CCC(=O)O)c2c1. The fraction of sp³-hybridized carbons (Fsp3) is 0.500. The van der Waals surface area contributed by atoms with Gasteiger partial charge in [-0.05, 0) is 99.3 Å². The van der Waals surface area contributed by atoms with Crippen molar-refractivity contribution in [1.29, 1.82) is 0 Å². The minimum atomic E-state index is -0.690. The summed E-state index contributed by atoms with van der Waals surface area (Å²) in [6, 6.07) is 10.1. The summed E-state index contributed by atoms with van der Waals surface area (Å²) in [6.45, 7) is 3.16. The number of likely N-dealkylation sites (tertiary alicyclic amines) is 1. The van der Waals surface area contributed by atoms with Crippen LogP contribution in [-0.2, 0) is 11.2 Å². The normalized spacial score (nSPS) is 18.4. The van der Waals surface area contributed by atoms with Crippen molar-refractivity contribution in [3.63, 3.8) is 0 Å². The molecule has 0 radical (unpaired) electrons. The van der Waals surface area contributed by atoms with Crippen molar-refractivity contribution in [3.05, 3.63) is 54.6 Å². The molecule has 7 nitrogen and oxygen atoms in total. The number of carboxylic acids is 1. The summed E-state index contributed by atoms with van der Waals surface area (Å²) in [7, 11) is 1.69. The fourth-order valence-electron chi connectivity index (χ4n) is 5.29. The first-order valence-electron chi connectivity index (χ1n) is 12.9. The van der Waals surface area contributed by atoms with Crippen molar-refractivity contribution in [2.45, 2.75) is 50.0 Å². The lowest BCUT2D eigenvalue weighted by Crippen LogP contribution is -2.41. The van der Waals surface area contributed by atoms with Crippen molar-refractivity contribution in [3.8, 4) is 5.75 Å². The Balaban J connectivity index is 1.28. The lowest BCUT2D eigenvalue weighted by atomic mass is 9.79. The number of benzene rings is 1. The molecule has 1 N–H and O–H groups in total. The van der Waals surface area contributed by atoms with Gasteiger partial charge >= 0.3 is 5.97 Å². The molecule has 1 fully saturated rings. The van der Waals surface area contributed by atoms with Gasteiger partial charge in [0, 0.05) is 36.5 Å². The summed E-state index contributed by atoms with van der Waals surface area (Å²) >= 11 is 1.77. The van der Waals surface area contributed by atoms with Gasteiger partial charge in [0.1, 0.15) is 12.1 Å². The molecule has 3 aromatic rings. The van der Waals surface area contributed by atoms with Gasteiger partial charge in [-0.3, -0.25) is 9.78 Å². The molecule has 0 spiro atoms. The minimum absolute atomic E-state index is 0.257. The van der Waals surface area contributed by atoms with Gasteiger partial charge < -0.3 is 14.7 Å². The van der Waals surface area contributed by atoms with Gasteiger partial charge in [0.25, 0.3) is 0 Å². The number of fused-ring (bicyclic) bond motifs is 1. The van der Waals surface area contributed by atoms with Crippen LogP contribution in [0, 0.1) is 11.8 Å². The molecule has 0 saturated carbocycles. The number of piperidine rings is 1. The number of hydrogen-bond acceptors (Lipinski definition) is 7. The Morgan fingerprint density at radius 1 is 1.14 bits per heavy atom. The number of nitrogens with zero attached hydrogens (tertiary/aromatic N) is 4. The molecule has 1 aromatic carbocycles. The lowest BCUT2D eigenvalue weighted by molar-refractivity contribution is -0.137. The van der Waals surface area contributed by atoms with E-state index in [4.69, 9.17) is 4.74 Å². The van der Waals surface area contributed by atoms with E-state index in [9.17, 15) is 9.90 Å². The van der Waals surface area contributed by atoms with E-state index >= 15 is 0 Å². The second kappa shape index (κ2) is 13.6. The fourth-order valence-corrected chi connectivity index (χ4v) is 6.05. The van der Waals surface area contributed by atoms with E-state index in [-0.39, 0.29) is 6.42 Å². The minimum Gasteiger partial charge on any atom is -0.497 e. The van der Waals surface area contributed by atoms with E-state index in [0.717, 1.165) is 85.6 Å². The monoisotopic (exact) mass is 508 g/mol. The molecule has 3 heterocycles. The molecule has 1 saturated heterocycles. The number of methoxy groups -OCH3 is 1. The molecule has 1 aliphatic rings. The lowest BCUT2D eigenvalue weighted by Gasteiger charge is -2.39.